The summed E-state index contributed by atoms with van der Waals surface area (Å²) in [6.07, 6.45) is 4.44. The number of benzene rings is 4. The molecule has 0 radical (unpaired) electrons. The fraction of sp³-hybridized carbons (Fsp3) is 0.341. The first-order chi connectivity index (χ1) is 23.3. The van der Waals surface area contributed by atoms with Gasteiger partial charge in [0.05, 0.1) is 0 Å². The first kappa shape index (κ1) is 35.2. The van der Waals surface area contributed by atoms with Crippen molar-refractivity contribution in [3.05, 3.63) is 107 Å². The summed E-state index contributed by atoms with van der Waals surface area (Å²) in [7, 11) is 0. The minimum absolute atomic E-state index is 0.0118. The zero-order chi connectivity index (χ0) is 35.1. The lowest BCUT2D eigenvalue weighted by Crippen LogP contribution is -2.27. The summed E-state index contributed by atoms with van der Waals surface area (Å²) < 4.78 is 5.31. The van der Waals surface area contributed by atoms with Crippen LogP contribution in [0.4, 0.5) is 16.2 Å². The maximum absolute atomic E-state index is 12.2. The third kappa shape index (κ3) is 10.7. The highest BCUT2D eigenvalue weighted by Gasteiger charge is 2.23. The van der Waals surface area contributed by atoms with E-state index < -0.39 is 11.7 Å². The van der Waals surface area contributed by atoms with Gasteiger partial charge in [-0.25, -0.2) is 4.79 Å². The lowest BCUT2D eigenvalue weighted by molar-refractivity contribution is 0.0635. The van der Waals surface area contributed by atoms with Crippen molar-refractivity contribution in [2.45, 2.75) is 65.9 Å². The van der Waals surface area contributed by atoms with Crippen LogP contribution in [0.3, 0.4) is 0 Å². The minimum atomic E-state index is -0.548. The SMILES string of the molecule is Cc1ccc(N)cc1-c1ccc(C(=O)NCC2CC2)cc1.Cc1ccc(NC(=O)OC(C)(C)C)cc1-c1ccc(C(=O)NCC2CC2)cc1. The monoisotopic (exact) mass is 660 g/mol. The second kappa shape index (κ2) is 15.4. The van der Waals surface area contributed by atoms with Crippen molar-refractivity contribution in [3.63, 3.8) is 0 Å². The Kier molecular flexibility index (Phi) is 11.1. The van der Waals surface area contributed by atoms with Gasteiger partial charge in [-0.05, 0) is 154 Å². The molecule has 0 saturated heterocycles. The maximum Gasteiger partial charge on any atom is 0.412 e. The number of nitrogens with two attached hydrogens (primary N) is 1. The van der Waals surface area contributed by atoms with Crippen LogP contribution in [0.5, 0.6) is 0 Å². The summed E-state index contributed by atoms with van der Waals surface area (Å²) in [4.78, 5) is 36.2. The van der Waals surface area contributed by atoms with E-state index in [9.17, 15) is 14.4 Å². The number of carbonyl (C=O) groups excluding carboxylic acids is 3. The van der Waals surface area contributed by atoms with Crippen molar-refractivity contribution in [1.29, 1.82) is 0 Å². The molecule has 0 bridgehead atoms. The van der Waals surface area contributed by atoms with Gasteiger partial charge in [0.25, 0.3) is 11.8 Å². The topological polar surface area (TPSA) is 123 Å². The zero-order valence-electron chi connectivity index (χ0n) is 29.2. The van der Waals surface area contributed by atoms with Crippen molar-refractivity contribution in [2.75, 3.05) is 24.1 Å². The van der Waals surface area contributed by atoms with Crippen molar-refractivity contribution in [2.24, 2.45) is 11.8 Å². The molecule has 0 aromatic heterocycles. The number of carbonyl (C=O) groups is 3. The van der Waals surface area contributed by atoms with E-state index >= 15 is 0 Å². The smallest absolute Gasteiger partial charge is 0.412 e. The van der Waals surface area contributed by atoms with Gasteiger partial charge in [0.2, 0.25) is 0 Å². The van der Waals surface area contributed by atoms with Gasteiger partial charge in [-0.1, -0.05) is 36.4 Å². The Labute approximate surface area is 289 Å². The number of amides is 3. The molecular weight excluding hydrogens is 612 g/mol. The average Bonchev–Trinajstić information content (AvgIpc) is 4.00. The molecule has 2 aliphatic rings. The Balaban J connectivity index is 0.000000199. The van der Waals surface area contributed by atoms with E-state index in [2.05, 4.69) is 22.9 Å². The van der Waals surface area contributed by atoms with Gasteiger partial charge in [-0.15, -0.1) is 0 Å². The molecule has 2 saturated carbocycles. The Bertz CT molecular complexity index is 1780. The lowest BCUT2D eigenvalue weighted by Gasteiger charge is -2.20. The Hall–Kier alpha value is -5.11. The Morgan fingerprint density at radius 3 is 1.57 bits per heavy atom. The summed E-state index contributed by atoms with van der Waals surface area (Å²) >= 11 is 0. The molecule has 4 aromatic rings. The fourth-order valence-corrected chi connectivity index (χ4v) is 5.31. The number of nitrogens with one attached hydrogen (secondary N) is 3. The molecule has 0 aliphatic heterocycles. The molecule has 256 valence electrons. The van der Waals surface area contributed by atoms with E-state index in [4.69, 9.17) is 10.5 Å². The van der Waals surface area contributed by atoms with E-state index in [-0.39, 0.29) is 11.8 Å². The van der Waals surface area contributed by atoms with E-state index in [1.807, 2.05) is 113 Å². The highest BCUT2D eigenvalue weighted by molar-refractivity contribution is 5.95. The van der Waals surface area contributed by atoms with E-state index in [0.29, 0.717) is 28.7 Å². The van der Waals surface area contributed by atoms with Crippen LogP contribution in [-0.4, -0.2) is 36.6 Å². The molecule has 49 heavy (non-hydrogen) atoms. The van der Waals surface area contributed by atoms with Crippen LogP contribution in [-0.2, 0) is 4.74 Å². The van der Waals surface area contributed by atoms with Crippen molar-refractivity contribution >= 4 is 29.3 Å². The van der Waals surface area contributed by atoms with Gasteiger partial charge >= 0.3 is 6.09 Å². The Morgan fingerprint density at radius 2 is 1.12 bits per heavy atom. The van der Waals surface area contributed by atoms with Crippen molar-refractivity contribution in [1.82, 2.24) is 10.6 Å². The zero-order valence-corrected chi connectivity index (χ0v) is 29.2. The highest BCUT2D eigenvalue weighted by atomic mass is 16.6. The molecule has 2 fully saturated rings. The van der Waals surface area contributed by atoms with E-state index in [1.54, 1.807) is 0 Å². The number of nitrogen functional groups attached to an aromatic ring is 1. The predicted molar refractivity (Wildman–Crippen MR) is 198 cm³/mol. The molecule has 2 aliphatic carbocycles. The Morgan fingerprint density at radius 1 is 0.673 bits per heavy atom. The first-order valence-corrected chi connectivity index (χ1v) is 17.1. The van der Waals surface area contributed by atoms with Gasteiger partial charge in [0.1, 0.15) is 5.60 Å². The largest absolute Gasteiger partial charge is 0.444 e. The number of ether oxygens (including phenoxy) is 1. The number of rotatable bonds is 9. The third-order valence-corrected chi connectivity index (χ3v) is 8.56. The van der Waals surface area contributed by atoms with E-state index in [1.165, 1.54) is 31.2 Å². The average molecular weight is 661 g/mol. The summed E-state index contributed by atoms with van der Waals surface area (Å²) in [5, 5.41) is 8.74. The van der Waals surface area contributed by atoms with Crippen LogP contribution in [0, 0.1) is 25.7 Å². The molecule has 6 rings (SSSR count). The van der Waals surface area contributed by atoms with Gasteiger partial charge in [0.15, 0.2) is 0 Å². The highest BCUT2D eigenvalue weighted by Crippen LogP contribution is 2.30. The summed E-state index contributed by atoms with van der Waals surface area (Å²) in [6.45, 7) is 11.1. The second-order valence-corrected chi connectivity index (χ2v) is 14.2. The van der Waals surface area contributed by atoms with Crippen LogP contribution in [0.1, 0.15) is 78.3 Å². The van der Waals surface area contributed by atoms with Crippen LogP contribution in [0.2, 0.25) is 0 Å². The third-order valence-electron chi connectivity index (χ3n) is 8.56. The molecule has 8 heteroatoms. The van der Waals surface area contributed by atoms with Crippen LogP contribution in [0.15, 0.2) is 84.9 Å². The summed E-state index contributed by atoms with van der Waals surface area (Å²) in [6, 6.07) is 26.9. The molecule has 5 N–H and O–H groups in total. The van der Waals surface area contributed by atoms with Crippen LogP contribution in [0.25, 0.3) is 22.3 Å². The molecular formula is C41H48N4O4. The van der Waals surface area contributed by atoms with E-state index in [0.717, 1.165) is 46.6 Å². The number of hydrogen-bond donors (Lipinski definition) is 4. The molecule has 0 atom stereocenters. The number of aryl methyl sites for hydroxylation is 2. The minimum Gasteiger partial charge on any atom is -0.444 e. The van der Waals surface area contributed by atoms with Crippen molar-refractivity contribution < 1.29 is 19.1 Å². The standard InChI is InChI=1S/C23H28N2O3.C18H20N2O/c1-15-5-12-19(25-22(27)28-23(2,3)4)13-20(15)17-8-10-18(11-9-17)21(26)24-14-16-6-7-16;1-12-2-9-16(19)10-17(12)14-5-7-15(8-6-14)18(21)20-11-13-3-4-13/h5,8-13,16H,6-7,14H2,1-4H3,(H,24,26)(H,25,27);2,5-10,13H,3-4,11,19H2,1H3,(H,20,21). The second-order valence-electron chi connectivity index (χ2n) is 14.2. The van der Waals surface area contributed by atoms with Gasteiger partial charge in [0, 0.05) is 35.6 Å². The van der Waals surface area contributed by atoms with Gasteiger partial charge in [-0.2, -0.15) is 0 Å². The van der Waals surface area contributed by atoms with Gasteiger partial charge in [-0.3, -0.25) is 14.9 Å². The number of anilines is 2. The molecule has 0 unspecified atom stereocenters. The molecule has 0 spiro atoms. The quantitative estimate of drug-likeness (QED) is 0.134. The molecule has 8 nitrogen and oxygen atoms in total. The van der Waals surface area contributed by atoms with Crippen molar-refractivity contribution in [3.8, 4) is 22.3 Å². The van der Waals surface area contributed by atoms with Gasteiger partial charge < -0.3 is 21.1 Å². The molecule has 0 heterocycles. The number of hydrogen-bond acceptors (Lipinski definition) is 5. The van der Waals surface area contributed by atoms with Crippen LogP contribution < -0.4 is 21.7 Å². The molecule has 4 aromatic carbocycles. The molecule has 3 amide bonds. The summed E-state index contributed by atoms with van der Waals surface area (Å²) in [5.41, 5.74) is 14.5. The summed E-state index contributed by atoms with van der Waals surface area (Å²) in [5.74, 6) is 1.34. The normalized spacial score (nSPS) is 13.8. The maximum atomic E-state index is 12.2. The van der Waals surface area contributed by atoms with Crippen LogP contribution >= 0.6 is 0 Å². The lowest BCUT2D eigenvalue weighted by atomic mass is 9.98. The first-order valence-electron chi connectivity index (χ1n) is 17.1. The fourth-order valence-electron chi connectivity index (χ4n) is 5.31. The predicted octanol–water partition coefficient (Wildman–Crippen LogP) is 8.53.